The van der Waals surface area contributed by atoms with Crippen LogP contribution >= 0.6 is 0 Å². The van der Waals surface area contributed by atoms with Gasteiger partial charge in [0, 0.05) is 12.8 Å². The Kier molecular flexibility index (Phi) is 1.69. The molecule has 0 amide bonds. The summed E-state index contributed by atoms with van der Waals surface area (Å²) in [6.07, 6.45) is 6.87. The van der Waals surface area contributed by atoms with Crippen LogP contribution in [0.3, 0.4) is 0 Å². The van der Waals surface area contributed by atoms with Crippen LogP contribution in [0.25, 0.3) is 0 Å². The van der Waals surface area contributed by atoms with Gasteiger partial charge in [0.05, 0.1) is 19.3 Å². The van der Waals surface area contributed by atoms with E-state index in [2.05, 4.69) is 18.3 Å². The number of hydrogen-bond acceptors (Lipinski definition) is 0. The summed E-state index contributed by atoms with van der Waals surface area (Å²) in [6.45, 7) is 0. The first kappa shape index (κ1) is 4.59. The molecule has 0 spiro atoms. The lowest BCUT2D eigenvalue weighted by Crippen LogP contribution is -1.69. The SMILES string of the molecule is C1#CCC[CH+]CC1. The molecule has 7 heavy (non-hydrogen) atoms. The summed E-state index contributed by atoms with van der Waals surface area (Å²) in [7, 11) is 0. The molecule has 0 aromatic heterocycles. The molecular weight excluding hydrogens is 84.1 g/mol. The summed E-state index contributed by atoms with van der Waals surface area (Å²) >= 11 is 0. The zero-order valence-corrected chi connectivity index (χ0v) is 4.41. The Hall–Kier alpha value is -0.570. The molecule has 0 bridgehead atoms. The van der Waals surface area contributed by atoms with Gasteiger partial charge in [-0.1, -0.05) is 11.8 Å². The van der Waals surface area contributed by atoms with E-state index in [9.17, 15) is 0 Å². The number of rotatable bonds is 0. The van der Waals surface area contributed by atoms with Gasteiger partial charge in [0.15, 0.2) is 0 Å². The lowest BCUT2D eigenvalue weighted by Gasteiger charge is -1.74. The molecule has 0 heterocycles. The van der Waals surface area contributed by atoms with Gasteiger partial charge in [0.1, 0.15) is 0 Å². The lowest BCUT2D eigenvalue weighted by molar-refractivity contribution is 0.897. The van der Waals surface area contributed by atoms with Gasteiger partial charge in [-0.15, -0.1) is 0 Å². The van der Waals surface area contributed by atoms with Crippen molar-refractivity contribution in [2.75, 3.05) is 0 Å². The van der Waals surface area contributed by atoms with E-state index in [0.29, 0.717) is 0 Å². The third-order valence-corrected chi connectivity index (χ3v) is 1.07. The Morgan fingerprint density at radius 2 is 1.57 bits per heavy atom. The first-order chi connectivity index (χ1) is 3.50. The summed E-state index contributed by atoms with van der Waals surface area (Å²) in [4.78, 5) is 0. The van der Waals surface area contributed by atoms with Crippen LogP contribution in [-0.2, 0) is 0 Å². The monoisotopic (exact) mass is 93.1 g/mol. The highest BCUT2D eigenvalue weighted by molar-refractivity contribution is 5.02. The van der Waals surface area contributed by atoms with Crippen LogP contribution in [0.2, 0.25) is 0 Å². The van der Waals surface area contributed by atoms with E-state index < -0.39 is 0 Å². The smallest absolute Gasteiger partial charge is 0.0984 e. The highest BCUT2D eigenvalue weighted by Gasteiger charge is 1.97. The predicted molar refractivity (Wildman–Crippen MR) is 30.5 cm³/mol. The molecule has 1 rings (SSSR count). The summed E-state index contributed by atoms with van der Waals surface area (Å²) in [5.74, 6) is 6.13. The van der Waals surface area contributed by atoms with Gasteiger partial charge in [0.25, 0.3) is 0 Å². The van der Waals surface area contributed by atoms with Gasteiger partial charge in [0.2, 0.25) is 0 Å². The fourth-order valence-electron chi connectivity index (χ4n) is 0.670. The highest BCUT2D eigenvalue weighted by atomic mass is 13.9. The number of hydrogen-bond donors (Lipinski definition) is 0. The van der Waals surface area contributed by atoms with Crippen LogP contribution in [-0.4, -0.2) is 0 Å². The Morgan fingerprint density at radius 3 is 2.14 bits per heavy atom. The van der Waals surface area contributed by atoms with Crippen LogP contribution in [0, 0.1) is 18.3 Å². The standard InChI is InChI=1S/C7H9/c1-2-4-6-7-5-3-1/h1H,2-5H2/q+1. The maximum atomic E-state index is 3.07. The predicted octanol–water partition coefficient (Wildman–Crippen LogP) is 1.77. The lowest BCUT2D eigenvalue weighted by atomic mass is 10.2. The Labute approximate surface area is 44.9 Å². The van der Waals surface area contributed by atoms with Crippen LogP contribution in [0.15, 0.2) is 0 Å². The molecule has 1 aliphatic rings. The normalized spacial score (nSPS) is 18.3. The van der Waals surface area contributed by atoms with E-state index in [0.717, 1.165) is 12.8 Å². The van der Waals surface area contributed by atoms with E-state index in [-0.39, 0.29) is 0 Å². The van der Waals surface area contributed by atoms with Gasteiger partial charge in [-0.2, -0.15) is 0 Å². The van der Waals surface area contributed by atoms with E-state index in [1.54, 1.807) is 0 Å². The van der Waals surface area contributed by atoms with Crippen molar-refractivity contribution in [3.8, 4) is 11.8 Å². The topological polar surface area (TPSA) is 0 Å². The fraction of sp³-hybridized carbons (Fsp3) is 0.571. The van der Waals surface area contributed by atoms with Crippen molar-refractivity contribution in [3.63, 3.8) is 0 Å². The molecule has 0 unspecified atom stereocenters. The third kappa shape index (κ3) is 1.55. The van der Waals surface area contributed by atoms with Crippen molar-refractivity contribution >= 4 is 0 Å². The molecule has 1 aliphatic carbocycles. The van der Waals surface area contributed by atoms with Crippen molar-refractivity contribution in [3.05, 3.63) is 6.42 Å². The Morgan fingerprint density at radius 1 is 1.00 bits per heavy atom. The fourth-order valence-corrected chi connectivity index (χ4v) is 0.670. The minimum atomic E-state index is 1.08. The quantitative estimate of drug-likeness (QED) is 0.316. The molecule has 0 N–H and O–H groups in total. The second-order valence-corrected chi connectivity index (χ2v) is 1.72. The zero-order valence-electron chi connectivity index (χ0n) is 4.41. The van der Waals surface area contributed by atoms with Crippen molar-refractivity contribution in [2.45, 2.75) is 25.7 Å². The maximum absolute atomic E-state index is 3.07. The highest BCUT2D eigenvalue weighted by Crippen LogP contribution is 2.02. The van der Waals surface area contributed by atoms with Crippen molar-refractivity contribution in [1.29, 1.82) is 0 Å². The molecule has 0 radical (unpaired) electrons. The van der Waals surface area contributed by atoms with Crippen molar-refractivity contribution < 1.29 is 0 Å². The van der Waals surface area contributed by atoms with Crippen LogP contribution in [0.1, 0.15) is 25.7 Å². The molecule has 0 atom stereocenters. The van der Waals surface area contributed by atoms with E-state index in [4.69, 9.17) is 0 Å². The van der Waals surface area contributed by atoms with E-state index in [1.807, 2.05) is 0 Å². The second-order valence-electron chi connectivity index (χ2n) is 1.72. The second kappa shape index (κ2) is 2.58. The third-order valence-electron chi connectivity index (χ3n) is 1.07. The van der Waals surface area contributed by atoms with Crippen molar-refractivity contribution in [1.82, 2.24) is 0 Å². The molecule has 0 aromatic carbocycles. The van der Waals surface area contributed by atoms with Gasteiger partial charge in [-0.3, -0.25) is 0 Å². The molecule has 0 fully saturated rings. The van der Waals surface area contributed by atoms with Gasteiger partial charge < -0.3 is 0 Å². The Balaban J connectivity index is 2.26. The Bertz CT molecular complexity index is 82.3. The summed E-state index contributed by atoms with van der Waals surface area (Å²) in [5, 5.41) is 0. The largest absolute Gasteiger partial charge is 0.0987 e. The van der Waals surface area contributed by atoms with Gasteiger partial charge >= 0.3 is 0 Å². The summed E-state index contributed by atoms with van der Waals surface area (Å²) in [6, 6.07) is 0. The van der Waals surface area contributed by atoms with Crippen LogP contribution in [0.5, 0.6) is 0 Å². The molecule has 0 aromatic rings. The van der Waals surface area contributed by atoms with Crippen LogP contribution in [0.4, 0.5) is 0 Å². The molecule has 0 saturated carbocycles. The molecule has 36 valence electrons. The van der Waals surface area contributed by atoms with Crippen molar-refractivity contribution in [2.24, 2.45) is 0 Å². The molecule has 0 heteroatoms. The van der Waals surface area contributed by atoms with E-state index >= 15 is 0 Å². The first-order valence-corrected chi connectivity index (χ1v) is 2.77. The minimum absolute atomic E-state index is 1.08. The zero-order chi connectivity index (χ0) is 4.95. The minimum Gasteiger partial charge on any atom is -0.0987 e. The molecular formula is C7H9+. The molecule has 0 aliphatic heterocycles. The molecule has 0 saturated heterocycles. The average molecular weight is 93.1 g/mol. The van der Waals surface area contributed by atoms with Crippen LogP contribution < -0.4 is 0 Å². The summed E-state index contributed by atoms with van der Waals surface area (Å²) < 4.78 is 0. The van der Waals surface area contributed by atoms with E-state index in [1.165, 1.54) is 12.8 Å². The maximum Gasteiger partial charge on any atom is 0.0984 e. The first-order valence-electron chi connectivity index (χ1n) is 2.77. The summed E-state index contributed by atoms with van der Waals surface area (Å²) in [5.41, 5.74) is 0. The average Bonchev–Trinajstić information content (AvgIpc) is 1.90. The van der Waals surface area contributed by atoms with Gasteiger partial charge in [-0.25, -0.2) is 0 Å². The van der Waals surface area contributed by atoms with Gasteiger partial charge in [-0.05, 0) is 0 Å². The molecule has 0 nitrogen and oxygen atoms in total.